The van der Waals surface area contributed by atoms with Crippen LogP contribution >= 0.6 is 0 Å². The molecule has 0 spiro atoms. The van der Waals surface area contributed by atoms with Crippen molar-refractivity contribution in [2.45, 2.75) is 38.6 Å². The van der Waals surface area contributed by atoms with Crippen LogP contribution < -0.4 is 0 Å². The zero-order valence-corrected chi connectivity index (χ0v) is 9.94. The van der Waals surface area contributed by atoms with Gasteiger partial charge in [0.1, 0.15) is 6.04 Å². The van der Waals surface area contributed by atoms with E-state index < -0.39 is 0 Å². The highest BCUT2D eigenvalue weighted by molar-refractivity contribution is 5.87. The Labute approximate surface area is 95.9 Å². The molecular formula is C12H19NO3. The topological polar surface area (TPSA) is 46.6 Å². The summed E-state index contributed by atoms with van der Waals surface area (Å²) in [7, 11) is 1.39. The number of ether oxygens (including phenoxy) is 1. The Hall–Kier alpha value is -1.06. The van der Waals surface area contributed by atoms with Crippen LogP contribution in [0.4, 0.5) is 0 Å². The predicted octanol–water partition coefficient (Wildman–Crippen LogP) is 1.20. The Kier molecular flexibility index (Phi) is 3.17. The van der Waals surface area contributed by atoms with Crippen molar-refractivity contribution in [3.8, 4) is 0 Å². The highest BCUT2D eigenvalue weighted by atomic mass is 16.5. The van der Waals surface area contributed by atoms with Gasteiger partial charge in [0, 0.05) is 12.5 Å². The molecule has 1 saturated carbocycles. The third-order valence-electron chi connectivity index (χ3n) is 3.69. The van der Waals surface area contributed by atoms with E-state index in [9.17, 15) is 9.59 Å². The van der Waals surface area contributed by atoms with Gasteiger partial charge in [0.25, 0.3) is 0 Å². The van der Waals surface area contributed by atoms with E-state index in [1.165, 1.54) is 7.11 Å². The summed E-state index contributed by atoms with van der Waals surface area (Å²) in [5.41, 5.74) is 0. The average Bonchev–Trinajstić information content (AvgIpc) is 3.04. The molecule has 4 heteroatoms. The molecular weight excluding hydrogens is 206 g/mol. The van der Waals surface area contributed by atoms with Crippen LogP contribution in [0.25, 0.3) is 0 Å². The van der Waals surface area contributed by atoms with Gasteiger partial charge in [-0.15, -0.1) is 0 Å². The molecule has 0 aromatic heterocycles. The minimum Gasteiger partial charge on any atom is -0.467 e. The minimum atomic E-state index is -0.334. The maximum atomic E-state index is 12.1. The van der Waals surface area contributed by atoms with Gasteiger partial charge in [0.2, 0.25) is 5.91 Å². The second-order valence-corrected chi connectivity index (χ2v) is 4.89. The van der Waals surface area contributed by atoms with E-state index in [1.807, 2.05) is 0 Å². The van der Waals surface area contributed by atoms with E-state index in [1.54, 1.807) is 4.90 Å². The van der Waals surface area contributed by atoms with Gasteiger partial charge in [-0.3, -0.25) is 4.79 Å². The van der Waals surface area contributed by atoms with E-state index in [-0.39, 0.29) is 23.8 Å². The van der Waals surface area contributed by atoms with Crippen molar-refractivity contribution in [2.75, 3.05) is 13.7 Å². The Bertz CT molecular complexity index is 303. The number of carbonyl (C=O) groups is 2. The van der Waals surface area contributed by atoms with Crippen molar-refractivity contribution in [1.29, 1.82) is 0 Å². The highest BCUT2D eigenvalue weighted by Gasteiger charge is 2.44. The van der Waals surface area contributed by atoms with Crippen LogP contribution in [0.5, 0.6) is 0 Å². The standard InChI is InChI=1S/C12H19NO3/c1-8-7-9(8)11(14)13-6-4-3-5-10(13)12(15)16-2/h8-10H,3-7H2,1-2H3. The fraction of sp³-hybridized carbons (Fsp3) is 0.833. The Morgan fingerprint density at radius 2 is 2.00 bits per heavy atom. The summed E-state index contributed by atoms with van der Waals surface area (Å²) in [6, 6.07) is -0.334. The number of piperidine rings is 1. The van der Waals surface area contributed by atoms with Crippen molar-refractivity contribution >= 4 is 11.9 Å². The first-order chi connectivity index (χ1) is 7.65. The lowest BCUT2D eigenvalue weighted by Gasteiger charge is -2.34. The molecule has 0 bridgehead atoms. The average molecular weight is 225 g/mol. The smallest absolute Gasteiger partial charge is 0.328 e. The summed E-state index contributed by atoms with van der Waals surface area (Å²) < 4.78 is 4.76. The Morgan fingerprint density at radius 3 is 2.56 bits per heavy atom. The van der Waals surface area contributed by atoms with E-state index in [0.29, 0.717) is 12.5 Å². The molecule has 1 heterocycles. The molecule has 0 aromatic rings. The summed E-state index contributed by atoms with van der Waals surface area (Å²) >= 11 is 0. The highest BCUT2D eigenvalue weighted by Crippen LogP contribution is 2.40. The van der Waals surface area contributed by atoms with Crippen LogP contribution in [0.3, 0.4) is 0 Å². The molecule has 0 N–H and O–H groups in total. The van der Waals surface area contributed by atoms with Crippen molar-refractivity contribution in [3.63, 3.8) is 0 Å². The lowest BCUT2D eigenvalue weighted by atomic mass is 10.0. The molecule has 2 rings (SSSR count). The fourth-order valence-electron chi connectivity index (χ4n) is 2.46. The number of rotatable bonds is 2. The molecule has 16 heavy (non-hydrogen) atoms. The van der Waals surface area contributed by atoms with Crippen LogP contribution in [0.15, 0.2) is 0 Å². The number of likely N-dealkylation sites (tertiary alicyclic amines) is 1. The number of nitrogens with zero attached hydrogens (tertiary/aromatic N) is 1. The maximum absolute atomic E-state index is 12.1. The summed E-state index contributed by atoms with van der Waals surface area (Å²) in [5, 5.41) is 0. The van der Waals surface area contributed by atoms with Crippen LogP contribution in [-0.2, 0) is 14.3 Å². The third kappa shape index (κ3) is 2.06. The SMILES string of the molecule is COC(=O)C1CCCCN1C(=O)C1CC1C. The molecule has 4 nitrogen and oxygen atoms in total. The lowest BCUT2D eigenvalue weighted by Crippen LogP contribution is -2.49. The molecule has 90 valence electrons. The summed E-state index contributed by atoms with van der Waals surface area (Å²) in [6.07, 6.45) is 3.73. The van der Waals surface area contributed by atoms with E-state index in [0.717, 1.165) is 25.7 Å². The number of hydrogen-bond acceptors (Lipinski definition) is 3. The first kappa shape index (κ1) is 11.4. The van der Waals surface area contributed by atoms with Crippen LogP contribution in [0, 0.1) is 11.8 Å². The van der Waals surface area contributed by atoms with Crippen LogP contribution in [0.1, 0.15) is 32.6 Å². The summed E-state index contributed by atoms with van der Waals surface area (Å²) in [6.45, 7) is 2.79. The first-order valence-corrected chi connectivity index (χ1v) is 6.03. The monoisotopic (exact) mass is 225 g/mol. The molecule has 2 fully saturated rings. The third-order valence-corrected chi connectivity index (χ3v) is 3.69. The van der Waals surface area contributed by atoms with Gasteiger partial charge in [0.05, 0.1) is 7.11 Å². The van der Waals surface area contributed by atoms with Crippen molar-refractivity contribution < 1.29 is 14.3 Å². The van der Waals surface area contributed by atoms with Gasteiger partial charge in [-0.1, -0.05) is 6.92 Å². The molecule has 0 radical (unpaired) electrons. The molecule has 1 saturated heterocycles. The first-order valence-electron chi connectivity index (χ1n) is 6.03. The van der Waals surface area contributed by atoms with Crippen molar-refractivity contribution in [2.24, 2.45) is 11.8 Å². The van der Waals surface area contributed by atoms with Gasteiger partial charge >= 0.3 is 5.97 Å². The predicted molar refractivity (Wildman–Crippen MR) is 58.6 cm³/mol. The quantitative estimate of drug-likeness (QED) is 0.663. The number of carbonyl (C=O) groups excluding carboxylic acids is 2. The van der Waals surface area contributed by atoms with Crippen LogP contribution in [-0.4, -0.2) is 36.5 Å². The van der Waals surface area contributed by atoms with Gasteiger partial charge in [-0.2, -0.15) is 0 Å². The molecule has 0 aromatic carbocycles. The molecule has 1 aliphatic carbocycles. The van der Waals surface area contributed by atoms with E-state index in [2.05, 4.69) is 6.92 Å². The molecule has 1 aliphatic heterocycles. The van der Waals surface area contributed by atoms with Gasteiger partial charge in [-0.05, 0) is 31.6 Å². The fourth-order valence-corrected chi connectivity index (χ4v) is 2.46. The zero-order valence-electron chi connectivity index (χ0n) is 9.94. The van der Waals surface area contributed by atoms with E-state index >= 15 is 0 Å². The molecule has 2 aliphatic rings. The minimum absolute atomic E-state index is 0.155. The number of hydrogen-bond donors (Lipinski definition) is 0. The van der Waals surface area contributed by atoms with E-state index in [4.69, 9.17) is 4.74 Å². The Balaban J connectivity index is 2.04. The number of esters is 1. The largest absolute Gasteiger partial charge is 0.467 e. The van der Waals surface area contributed by atoms with Crippen molar-refractivity contribution in [1.82, 2.24) is 4.90 Å². The molecule has 3 atom stereocenters. The summed E-state index contributed by atoms with van der Waals surface area (Å²) in [5.74, 6) is 0.543. The van der Waals surface area contributed by atoms with Crippen molar-refractivity contribution in [3.05, 3.63) is 0 Å². The maximum Gasteiger partial charge on any atom is 0.328 e. The second kappa shape index (κ2) is 4.44. The number of amides is 1. The molecule has 1 amide bonds. The lowest BCUT2D eigenvalue weighted by molar-refractivity contribution is -0.155. The number of methoxy groups -OCH3 is 1. The normalized spacial score (nSPS) is 33.4. The van der Waals surface area contributed by atoms with Gasteiger partial charge in [0.15, 0.2) is 0 Å². The van der Waals surface area contributed by atoms with Gasteiger partial charge in [-0.25, -0.2) is 4.79 Å². The van der Waals surface area contributed by atoms with Crippen LogP contribution in [0.2, 0.25) is 0 Å². The Morgan fingerprint density at radius 1 is 1.31 bits per heavy atom. The van der Waals surface area contributed by atoms with Gasteiger partial charge < -0.3 is 9.64 Å². The summed E-state index contributed by atoms with van der Waals surface area (Å²) in [4.78, 5) is 25.4. The molecule has 3 unspecified atom stereocenters. The second-order valence-electron chi connectivity index (χ2n) is 4.89. The zero-order chi connectivity index (χ0) is 11.7.